The second kappa shape index (κ2) is 23.1. The van der Waals surface area contributed by atoms with Gasteiger partial charge in [0.15, 0.2) is 22.4 Å². The van der Waals surface area contributed by atoms with Gasteiger partial charge in [0.2, 0.25) is 5.91 Å². The van der Waals surface area contributed by atoms with E-state index in [0.717, 1.165) is 35.3 Å². The normalized spacial score (nSPS) is 22.8. The zero-order valence-electron chi connectivity index (χ0n) is 41.5. The summed E-state index contributed by atoms with van der Waals surface area (Å²) >= 11 is 8.84. The van der Waals surface area contributed by atoms with Crippen molar-refractivity contribution >= 4 is 103 Å². The van der Waals surface area contributed by atoms with Crippen LogP contribution in [0, 0.1) is 25.7 Å². The molecule has 4 aliphatic rings. The minimum atomic E-state index is -1.29. The predicted molar refractivity (Wildman–Crippen MR) is 272 cm³/mol. The van der Waals surface area contributed by atoms with E-state index in [1.165, 1.54) is 22.0 Å². The molecule has 7 rings (SSSR count). The number of nitrogens with one attached hydrogen (secondary N) is 2. The lowest BCUT2D eigenvalue weighted by Gasteiger charge is -2.52. The average molecular weight is 1060 g/mol. The van der Waals surface area contributed by atoms with Gasteiger partial charge in [-0.1, -0.05) is 35.0 Å². The van der Waals surface area contributed by atoms with Gasteiger partial charge in [-0.05, 0) is 69.5 Å². The summed E-state index contributed by atoms with van der Waals surface area (Å²) in [6, 6.07) is 10.7. The number of β-lactam (4-membered cyclic amide) rings is 1. The minimum Gasteiger partial charge on any atom is -0.543 e. The number of rotatable bonds is 19. The summed E-state index contributed by atoms with van der Waals surface area (Å²) in [6.45, 7) is 8.61. The number of alkyl carbamates (subject to hydrolysis) is 1. The number of aryl methyl sites for hydroxylation is 1. The van der Waals surface area contributed by atoms with E-state index in [9.17, 15) is 33.6 Å². The molecular weight excluding hydrogens is 1000 g/mol. The van der Waals surface area contributed by atoms with Gasteiger partial charge in [-0.2, -0.15) is 0 Å². The number of ketones is 2. The van der Waals surface area contributed by atoms with Crippen LogP contribution in [0.1, 0.15) is 92.0 Å². The number of hydrogen-bond donors (Lipinski definition) is 2. The maximum absolute atomic E-state index is 14.4. The maximum Gasteiger partial charge on any atom is 0.413 e. The number of Topliss-reactive ketones (excluding diaryl/α,β-unsaturated/α-hetero) is 2. The Morgan fingerprint density at radius 2 is 1.70 bits per heavy atom. The van der Waals surface area contributed by atoms with Crippen LogP contribution in [-0.2, 0) is 49.4 Å². The molecule has 2 unspecified atom stereocenters. The quantitative estimate of drug-likeness (QED) is 0.0329. The van der Waals surface area contributed by atoms with Crippen molar-refractivity contribution in [1.82, 2.24) is 15.2 Å². The molecule has 3 fully saturated rings. The number of thioether (sulfide) groups is 1. The van der Waals surface area contributed by atoms with Gasteiger partial charge in [0.1, 0.15) is 42.5 Å². The first-order valence-corrected chi connectivity index (χ1v) is 25.8. The topological polar surface area (TPSA) is 227 Å². The van der Waals surface area contributed by atoms with E-state index in [-0.39, 0.29) is 57.6 Å². The largest absolute Gasteiger partial charge is 0.543 e. The molecular formula is C49H56B2ClN6O13S2+. The second-order valence-electron chi connectivity index (χ2n) is 19.7. The van der Waals surface area contributed by atoms with Crippen LogP contribution in [0.15, 0.2) is 58.2 Å². The Kier molecular flexibility index (Phi) is 17.4. The van der Waals surface area contributed by atoms with E-state index in [0.29, 0.717) is 46.5 Å². The highest BCUT2D eigenvalue weighted by molar-refractivity contribution is 8.00. The van der Waals surface area contributed by atoms with Crippen LogP contribution in [0.4, 0.5) is 14.7 Å². The number of aromatic nitrogens is 1. The molecule has 3 amide bonds. The number of hydrogen-bond acceptors (Lipinski definition) is 17. The van der Waals surface area contributed by atoms with Gasteiger partial charge in [-0.3, -0.25) is 29.4 Å². The standard InChI is InChI=1S/C49H55B2ClN6O13S2/c1-25-8-15-34(39(52)26(25)2)37(59)16-28(44(62)70-50)22-68-56-40(36-24-73-46(54-36)55-48(65)69-49(3,4)5)38(60)19-35-42(61)57-41(45(63)71-51)29(23-72-43(35)57)20-58(6)31-11-12-32(58)18-30(17-31)53-47(64)67-21-27-9-13-33(66-7)14-10-27/h8-10,13-15,24,28,30-32,35,43H,11-12,16-23H2,1-7H3,(H-,53,54,55,64,65)/p+1/b56-40-/t28-,30?,31-,32+,35+,43+,58?/m0/s1. The van der Waals surface area contributed by atoms with Crippen LogP contribution >= 0.6 is 34.7 Å². The third-order valence-corrected chi connectivity index (χ3v) is 16.4. The molecule has 2 bridgehead atoms. The molecule has 0 aliphatic carbocycles. The summed E-state index contributed by atoms with van der Waals surface area (Å²) in [4.78, 5) is 105. The fourth-order valence-electron chi connectivity index (χ4n) is 9.79. The molecule has 2 N–H and O–H groups in total. The van der Waals surface area contributed by atoms with Crippen molar-refractivity contribution < 1.29 is 66.4 Å². The first-order valence-electron chi connectivity index (χ1n) is 23.5. The third-order valence-electron chi connectivity index (χ3n) is 13.7. The molecule has 3 aromatic rings. The van der Waals surface area contributed by atoms with Gasteiger partial charge in [0.25, 0.3) is 5.97 Å². The van der Waals surface area contributed by atoms with Gasteiger partial charge in [-0.15, -0.1) is 23.1 Å². The zero-order chi connectivity index (χ0) is 52.9. The highest BCUT2D eigenvalue weighted by Crippen LogP contribution is 2.48. The number of fused-ring (bicyclic) bond motifs is 3. The molecule has 2 aromatic carbocycles. The number of anilines is 1. The number of carbonyl (C=O) groups excluding carboxylic acids is 7. The van der Waals surface area contributed by atoms with Crippen LogP contribution in [0.5, 0.6) is 5.75 Å². The number of quaternary nitrogens is 1. The van der Waals surface area contributed by atoms with Crippen LogP contribution < -0.4 is 15.4 Å². The summed E-state index contributed by atoms with van der Waals surface area (Å²) in [7, 11) is 14.4. The number of nitrogens with zero attached hydrogens (tertiary/aromatic N) is 4. The Labute approximate surface area is 438 Å². The summed E-state index contributed by atoms with van der Waals surface area (Å²) in [5.74, 6) is -4.80. The first-order chi connectivity index (χ1) is 34.6. The van der Waals surface area contributed by atoms with Crippen LogP contribution in [-0.4, -0.2) is 140 Å². The third kappa shape index (κ3) is 12.6. The first kappa shape index (κ1) is 54.9. The molecule has 5 heterocycles. The van der Waals surface area contributed by atoms with Crippen molar-refractivity contribution in [3.05, 3.63) is 86.0 Å². The van der Waals surface area contributed by atoms with E-state index in [2.05, 4.69) is 32.5 Å². The molecule has 73 heavy (non-hydrogen) atoms. The van der Waals surface area contributed by atoms with Gasteiger partial charge in [-0.25, -0.2) is 19.4 Å². The Morgan fingerprint density at radius 3 is 2.34 bits per heavy atom. The SMILES string of the molecule is [B]OC(=O)C1=C(C[N+]2(C)[C@@H]3CC[C@H]2CC(NC(=O)OCc2ccc(OC)cc2)C3)CS[C@@H]2[C@H](CC(=O)/C(=N\OC[C@H](CC(=O)c3ccc(C)c(C)c3Cl)C(=O)O[B])c3csc(NC(=O)OC(C)(C)C)n3)C(=O)N12. The van der Waals surface area contributed by atoms with Crippen molar-refractivity contribution in [3.8, 4) is 5.75 Å². The Balaban J connectivity index is 1.05. The molecule has 4 aliphatic heterocycles. The van der Waals surface area contributed by atoms with Gasteiger partial charge >= 0.3 is 34.3 Å². The fourth-order valence-corrected chi connectivity index (χ4v) is 12.2. The smallest absolute Gasteiger partial charge is 0.413 e. The zero-order valence-corrected chi connectivity index (χ0v) is 43.9. The highest BCUT2D eigenvalue weighted by atomic mass is 35.5. The van der Waals surface area contributed by atoms with Gasteiger partial charge < -0.3 is 38.2 Å². The summed E-state index contributed by atoms with van der Waals surface area (Å²) in [5.41, 5.74) is 2.04. The average Bonchev–Trinajstić information content (AvgIpc) is 3.84. The summed E-state index contributed by atoms with van der Waals surface area (Å²) in [6.07, 6.45) is 1.01. The number of likely N-dealkylation sites (N-methyl/N-ethyl adjacent to an activating group) is 1. The second-order valence-corrected chi connectivity index (χ2v) is 22.0. The van der Waals surface area contributed by atoms with Crippen LogP contribution in [0.25, 0.3) is 0 Å². The number of amides is 3. The summed E-state index contributed by atoms with van der Waals surface area (Å²) in [5, 5.41) is 10.7. The summed E-state index contributed by atoms with van der Waals surface area (Å²) < 4.78 is 25.9. The minimum absolute atomic E-state index is 0.0325. The van der Waals surface area contributed by atoms with Crippen molar-refractivity contribution in [2.45, 2.75) is 109 Å². The van der Waals surface area contributed by atoms with Gasteiger partial charge in [0, 0.05) is 66.8 Å². The van der Waals surface area contributed by atoms with E-state index in [1.54, 1.807) is 59.1 Å². The molecule has 3 saturated heterocycles. The Hall–Kier alpha value is -5.90. The number of thiazole rings is 1. The molecule has 0 saturated carbocycles. The predicted octanol–water partition coefficient (Wildman–Crippen LogP) is 6.44. The number of oxime groups is 1. The number of carbonyl (C=O) groups is 7. The lowest BCUT2D eigenvalue weighted by molar-refractivity contribution is -0.944. The van der Waals surface area contributed by atoms with Crippen molar-refractivity contribution in [2.75, 3.05) is 38.4 Å². The van der Waals surface area contributed by atoms with E-state index in [4.69, 9.17) is 51.4 Å². The van der Waals surface area contributed by atoms with Crippen LogP contribution in [0.2, 0.25) is 5.02 Å². The molecule has 4 radical (unpaired) electrons. The number of methoxy groups -OCH3 is 1. The highest BCUT2D eigenvalue weighted by Gasteiger charge is 2.57. The molecule has 24 heteroatoms. The fraction of sp³-hybridized carbons (Fsp3) is 0.490. The molecule has 19 nitrogen and oxygen atoms in total. The number of halogens is 1. The molecule has 384 valence electrons. The van der Waals surface area contributed by atoms with Gasteiger partial charge in [0.05, 0.1) is 48.5 Å². The van der Waals surface area contributed by atoms with E-state index in [1.807, 2.05) is 19.1 Å². The number of benzene rings is 2. The lowest BCUT2D eigenvalue weighted by Crippen LogP contribution is -2.64. The number of ether oxygens (including phenoxy) is 3. The molecule has 7 atom stereocenters. The Morgan fingerprint density at radius 1 is 1.00 bits per heavy atom. The van der Waals surface area contributed by atoms with Crippen LogP contribution in [0.3, 0.4) is 0 Å². The van der Waals surface area contributed by atoms with Crippen molar-refractivity contribution in [1.29, 1.82) is 0 Å². The lowest BCUT2D eigenvalue weighted by atomic mass is 9.88. The molecule has 0 spiro atoms. The monoisotopic (exact) mass is 1060 g/mol. The van der Waals surface area contributed by atoms with Crippen molar-refractivity contribution in [2.24, 2.45) is 17.0 Å². The van der Waals surface area contributed by atoms with E-state index < -0.39 is 83.9 Å². The van der Waals surface area contributed by atoms with E-state index >= 15 is 0 Å². The van der Waals surface area contributed by atoms with Crippen molar-refractivity contribution in [3.63, 3.8) is 0 Å². The maximum atomic E-state index is 14.4. The molecule has 1 aromatic heterocycles. The Bertz CT molecular complexity index is 2700. The number of piperidine rings is 1.